The highest BCUT2D eigenvalue weighted by atomic mass is 16.5. The molecule has 1 atom stereocenters. The van der Waals surface area contributed by atoms with E-state index >= 15 is 0 Å². The van der Waals surface area contributed by atoms with E-state index in [1.807, 2.05) is 10.8 Å². The molecule has 20 heavy (non-hydrogen) atoms. The van der Waals surface area contributed by atoms with Crippen LogP contribution < -0.4 is 5.32 Å². The third-order valence-corrected chi connectivity index (χ3v) is 3.97. The summed E-state index contributed by atoms with van der Waals surface area (Å²) in [6.07, 6.45) is 10.2. The number of hydrogen-bond acceptors (Lipinski definition) is 4. The molecule has 1 heterocycles. The Balaban J connectivity index is 1.49. The van der Waals surface area contributed by atoms with Crippen molar-refractivity contribution in [3.05, 3.63) is 18.7 Å². The Labute approximate surface area is 121 Å². The van der Waals surface area contributed by atoms with Gasteiger partial charge >= 0.3 is 0 Å². The Morgan fingerprint density at radius 2 is 2.20 bits per heavy atom. The molecule has 0 amide bonds. The monoisotopic (exact) mass is 281 g/mol. The lowest BCUT2D eigenvalue weighted by molar-refractivity contribution is -0.0277. The van der Waals surface area contributed by atoms with Crippen LogP contribution >= 0.6 is 0 Å². The molecule has 0 aliphatic heterocycles. The maximum absolute atomic E-state index is 9.88. The number of aromatic nitrogens is 2. The van der Waals surface area contributed by atoms with Crippen LogP contribution in [-0.2, 0) is 11.3 Å². The van der Waals surface area contributed by atoms with Crippen molar-refractivity contribution in [1.82, 2.24) is 14.9 Å². The molecule has 2 N–H and O–H groups in total. The number of nitrogens with one attached hydrogen (secondary N) is 1. The number of hydrogen-bond donors (Lipinski definition) is 2. The van der Waals surface area contributed by atoms with Gasteiger partial charge in [0.05, 0.1) is 25.1 Å². The van der Waals surface area contributed by atoms with E-state index in [-0.39, 0.29) is 0 Å². The summed E-state index contributed by atoms with van der Waals surface area (Å²) in [5.74, 6) is 0.838. The first-order valence-electron chi connectivity index (χ1n) is 7.70. The van der Waals surface area contributed by atoms with Crippen LogP contribution in [0.5, 0.6) is 0 Å². The van der Waals surface area contributed by atoms with Crippen LogP contribution in [0.15, 0.2) is 18.7 Å². The molecule has 1 aromatic rings. The van der Waals surface area contributed by atoms with E-state index in [0.717, 1.165) is 31.8 Å². The van der Waals surface area contributed by atoms with Crippen molar-refractivity contribution in [2.45, 2.75) is 51.4 Å². The molecule has 5 nitrogen and oxygen atoms in total. The van der Waals surface area contributed by atoms with Gasteiger partial charge in [0.15, 0.2) is 0 Å². The van der Waals surface area contributed by atoms with Crippen molar-refractivity contribution < 1.29 is 9.84 Å². The molecular weight excluding hydrogens is 254 g/mol. The Morgan fingerprint density at radius 3 is 2.90 bits per heavy atom. The van der Waals surface area contributed by atoms with Crippen LogP contribution in [-0.4, -0.2) is 46.6 Å². The summed E-state index contributed by atoms with van der Waals surface area (Å²) in [5.41, 5.74) is 0. The molecule has 0 aromatic carbocycles. The number of imidazole rings is 1. The quantitative estimate of drug-likeness (QED) is 0.708. The number of aliphatic hydroxyl groups is 1. The lowest BCUT2D eigenvalue weighted by Crippen LogP contribution is -2.34. The van der Waals surface area contributed by atoms with E-state index in [4.69, 9.17) is 4.74 Å². The topological polar surface area (TPSA) is 59.3 Å². The van der Waals surface area contributed by atoms with Gasteiger partial charge in [0.1, 0.15) is 0 Å². The van der Waals surface area contributed by atoms with E-state index in [1.165, 1.54) is 12.8 Å². The van der Waals surface area contributed by atoms with Gasteiger partial charge in [-0.3, -0.25) is 0 Å². The van der Waals surface area contributed by atoms with Gasteiger partial charge in [-0.15, -0.1) is 0 Å². The van der Waals surface area contributed by atoms with E-state index < -0.39 is 6.10 Å². The van der Waals surface area contributed by atoms with Crippen LogP contribution in [0.3, 0.4) is 0 Å². The number of aliphatic hydroxyl groups excluding tert-OH is 1. The molecule has 0 bridgehead atoms. The zero-order chi connectivity index (χ0) is 14.2. The summed E-state index contributed by atoms with van der Waals surface area (Å²) in [7, 11) is 0. The van der Waals surface area contributed by atoms with E-state index in [1.54, 1.807) is 12.5 Å². The molecule has 1 saturated carbocycles. The fourth-order valence-electron chi connectivity index (χ4n) is 2.60. The summed E-state index contributed by atoms with van der Waals surface area (Å²) in [6, 6.07) is 0. The average Bonchev–Trinajstić information content (AvgIpc) is 2.96. The molecule has 1 fully saturated rings. The van der Waals surface area contributed by atoms with Crippen LogP contribution in [0.25, 0.3) is 0 Å². The largest absolute Gasteiger partial charge is 0.389 e. The Bertz CT molecular complexity index is 348. The predicted molar refractivity (Wildman–Crippen MR) is 78.5 cm³/mol. The van der Waals surface area contributed by atoms with Crippen molar-refractivity contribution >= 4 is 0 Å². The summed E-state index contributed by atoms with van der Waals surface area (Å²) in [4.78, 5) is 3.99. The highest BCUT2D eigenvalue weighted by Crippen LogP contribution is 2.25. The molecule has 1 aromatic heterocycles. The minimum absolute atomic E-state index is 0.354. The molecule has 1 unspecified atom stereocenters. The summed E-state index contributed by atoms with van der Waals surface area (Å²) in [6.45, 7) is 5.02. The second kappa shape index (κ2) is 8.39. The molecule has 5 heteroatoms. The smallest absolute Gasteiger partial charge is 0.0946 e. The van der Waals surface area contributed by atoms with E-state index in [0.29, 0.717) is 19.3 Å². The SMILES string of the molecule is CC1CCC(OCC(O)CNCCn2ccnc2)CC1. The minimum Gasteiger partial charge on any atom is -0.389 e. The normalized spacial score (nSPS) is 24.7. The van der Waals surface area contributed by atoms with Crippen LogP contribution in [0.1, 0.15) is 32.6 Å². The van der Waals surface area contributed by atoms with Gasteiger partial charge in [-0.2, -0.15) is 0 Å². The first-order chi connectivity index (χ1) is 9.74. The third kappa shape index (κ3) is 5.61. The minimum atomic E-state index is -0.419. The van der Waals surface area contributed by atoms with Crippen molar-refractivity contribution in [3.8, 4) is 0 Å². The van der Waals surface area contributed by atoms with Gasteiger partial charge in [0, 0.05) is 32.0 Å². The number of nitrogens with zero attached hydrogens (tertiary/aromatic N) is 2. The van der Waals surface area contributed by atoms with Gasteiger partial charge in [-0.25, -0.2) is 4.98 Å². The first kappa shape index (κ1) is 15.5. The van der Waals surface area contributed by atoms with Gasteiger partial charge < -0.3 is 19.7 Å². The van der Waals surface area contributed by atoms with Crippen LogP contribution in [0.4, 0.5) is 0 Å². The molecule has 114 valence electrons. The van der Waals surface area contributed by atoms with Gasteiger partial charge in [-0.05, 0) is 31.6 Å². The summed E-state index contributed by atoms with van der Waals surface area (Å²) in [5, 5.41) is 13.1. The van der Waals surface area contributed by atoms with Crippen LogP contribution in [0.2, 0.25) is 0 Å². The Kier molecular flexibility index (Phi) is 6.50. The van der Waals surface area contributed by atoms with Gasteiger partial charge in [-0.1, -0.05) is 6.92 Å². The third-order valence-electron chi connectivity index (χ3n) is 3.97. The van der Waals surface area contributed by atoms with E-state index in [9.17, 15) is 5.11 Å². The molecule has 0 radical (unpaired) electrons. The maximum atomic E-state index is 9.88. The molecule has 1 aliphatic rings. The van der Waals surface area contributed by atoms with Crippen molar-refractivity contribution in [3.63, 3.8) is 0 Å². The lowest BCUT2D eigenvalue weighted by Gasteiger charge is -2.27. The first-order valence-corrected chi connectivity index (χ1v) is 7.70. The van der Waals surface area contributed by atoms with E-state index in [2.05, 4.69) is 17.2 Å². The number of rotatable bonds is 8. The zero-order valence-electron chi connectivity index (χ0n) is 12.4. The second-order valence-electron chi connectivity index (χ2n) is 5.87. The average molecular weight is 281 g/mol. The maximum Gasteiger partial charge on any atom is 0.0946 e. The molecule has 2 rings (SSSR count). The fraction of sp³-hybridized carbons (Fsp3) is 0.800. The Morgan fingerprint density at radius 1 is 1.40 bits per heavy atom. The molecule has 0 saturated heterocycles. The van der Waals surface area contributed by atoms with Crippen molar-refractivity contribution in [2.75, 3.05) is 19.7 Å². The van der Waals surface area contributed by atoms with Gasteiger partial charge in [0.2, 0.25) is 0 Å². The fourth-order valence-corrected chi connectivity index (χ4v) is 2.60. The lowest BCUT2D eigenvalue weighted by atomic mass is 9.89. The highest BCUT2D eigenvalue weighted by Gasteiger charge is 2.19. The second-order valence-corrected chi connectivity index (χ2v) is 5.87. The number of ether oxygens (including phenoxy) is 1. The van der Waals surface area contributed by atoms with Crippen molar-refractivity contribution in [2.24, 2.45) is 5.92 Å². The summed E-state index contributed by atoms with van der Waals surface area (Å²) >= 11 is 0. The molecule has 0 spiro atoms. The van der Waals surface area contributed by atoms with Gasteiger partial charge in [0.25, 0.3) is 0 Å². The highest BCUT2D eigenvalue weighted by molar-refractivity contribution is 4.74. The predicted octanol–water partition coefficient (Wildman–Crippen LogP) is 1.43. The Hall–Kier alpha value is -0.910. The molecular formula is C15H27N3O2. The molecule has 1 aliphatic carbocycles. The van der Waals surface area contributed by atoms with Crippen molar-refractivity contribution in [1.29, 1.82) is 0 Å². The standard InChI is InChI=1S/C15H27N3O2/c1-13-2-4-15(5-3-13)20-11-14(19)10-16-6-8-18-9-7-17-12-18/h7,9,12-16,19H,2-6,8,10-11H2,1H3. The van der Waals surface area contributed by atoms with Crippen LogP contribution in [0, 0.1) is 5.92 Å². The zero-order valence-corrected chi connectivity index (χ0v) is 12.4. The summed E-state index contributed by atoms with van der Waals surface area (Å²) < 4.78 is 7.80.